The van der Waals surface area contributed by atoms with Crippen LogP contribution < -0.4 is 5.32 Å². The third-order valence-electron chi connectivity index (χ3n) is 1.74. The normalized spacial score (nSPS) is 9.93. The highest BCUT2D eigenvalue weighted by Crippen LogP contribution is 2.23. The number of halogens is 1. The molecule has 0 radical (unpaired) electrons. The standard InChI is InChI=1S/C10H12BrNOS/c1-7-2-3-9(8(11)6-7)12-10(13)4-5-14/h2-3,6,14H,4-5H2,1H3,(H,12,13). The van der Waals surface area contributed by atoms with Crippen molar-refractivity contribution in [2.24, 2.45) is 0 Å². The summed E-state index contributed by atoms with van der Waals surface area (Å²) >= 11 is 7.39. The summed E-state index contributed by atoms with van der Waals surface area (Å²) in [6.45, 7) is 2.00. The lowest BCUT2D eigenvalue weighted by atomic mass is 10.2. The number of hydrogen-bond donors (Lipinski definition) is 2. The third-order valence-corrected chi connectivity index (χ3v) is 2.62. The van der Waals surface area contributed by atoms with Gasteiger partial charge in [-0.25, -0.2) is 0 Å². The lowest BCUT2D eigenvalue weighted by Gasteiger charge is -2.06. The van der Waals surface area contributed by atoms with Crippen LogP contribution in [0, 0.1) is 6.92 Å². The fourth-order valence-corrected chi connectivity index (χ4v) is 1.83. The van der Waals surface area contributed by atoms with E-state index in [-0.39, 0.29) is 5.91 Å². The highest BCUT2D eigenvalue weighted by atomic mass is 79.9. The van der Waals surface area contributed by atoms with Gasteiger partial charge in [0.1, 0.15) is 0 Å². The predicted molar refractivity (Wildman–Crippen MR) is 66.0 cm³/mol. The SMILES string of the molecule is Cc1ccc(NC(=O)CCS)c(Br)c1. The molecule has 2 nitrogen and oxygen atoms in total. The molecule has 0 saturated carbocycles. The third kappa shape index (κ3) is 3.35. The zero-order chi connectivity index (χ0) is 10.6. The van der Waals surface area contributed by atoms with E-state index >= 15 is 0 Å². The van der Waals surface area contributed by atoms with Crippen molar-refractivity contribution in [2.45, 2.75) is 13.3 Å². The molecule has 0 saturated heterocycles. The smallest absolute Gasteiger partial charge is 0.225 e. The summed E-state index contributed by atoms with van der Waals surface area (Å²) in [5.41, 5.74) is 1.96. The predicted octanol–water partition coefficient (Wildman–Crippen LogP) is 3.02. The van der Waals surface area contributed by atoms with Gasteiger partial charge in [-0.2, -0.15) is 12.6 Å². The second-order valence-electron chi connectivity index (χ2n) is 3.01. The molecule has 1 N–H and O–H groups in total. The molecule has 0 aliphatic carbocycles. The Bertz CT molecular complexity index is 341. The summed E-state index contributed by atoms with van der Waals surface area (Å²) in [6.07, 6.45) is 0.434. The van der Waals surface area contributed by atoms with Gasteiger partial charge in [0.25, 0.3) is 0 Å². The first-order chi connectivity index (χ1) is 6.63. The Hall–Kier alpha value is -0.480. The maximum atomic E-state index is 11.3. The van der Waals surface area contributed by atoms with Crippen molar-refractivity contribution in [1.82, 2.24) is 0 Å². The van der Waals surface area contributed by atoms with Gasteiger partial charge in [-0.15, -0.1) is 0 Å². The number of anilines is 1. The molecule has 0 fully saturated rings. The van der Waals surface area contributed by atoms with E-state index in [9.17, 15) is 4.79 Å². The maximum absolute atomic E-state index is 11.3. The van der Waals surface area contributed by atoms with Gasteiger partial charge in [0.15, 0.2) is 0 Å². The van der Waals surface area contributed by atoms with Gasteiger partial charge < -0.3 is 5.32 Å². The number of aryl methyl sites for hydroxylation is 1. The second-order valence-corrected chi connectivity index (χ2v) is 4.31. The van der Waals surface area contributed by atoms with E-state index in [0.717, 1.165) is 15.7 Å². The van der Waals surface area contributed by atoms with Crippen molar-refractivity contribution in [3.8, 4) is 0 Å². The molecular formula is C10H12BrNOS. The topological polar surface area (TPSA) is 29.1 Å². The molecule has 0 atom stereocenters. The largest absolute Gasteiger partial charge is 0.325 e. The number of rotatable bonds is 3. The zero-order valence-corrected chi connectivity index (χ0v) is 10.4. The molecule has 76 valence electrons. The molecular weight excluding hydrogens is 262 g/mol. The molecule has 14 heavy (non-hydrogen) atoms. The minimum absolute atomic E-state index is 0.00967. The number of nitrogens with one attached hydrogen (secondary N) is 1. The van der Waals surface area contributed by atoms with Crippen LogP contribution in [0.5, 0.6) is 0 Å². The maximum Gasteiger partial charge on any atom is 0.225 e. The number of hydrogen-bond acceptors (Lipinski definition) is 2. The van der Waals surface area contributed by atoms with Gasteiger partial charge in [0.05, 0.1) is 5.69 Å². The van der Waals surface area contributed by atoms with Crippen molar-refractivity contribution in [2.75, 3.05) is 11.1 Å². The summed E-state index contributed by atoms with van der Waals surface area (Å²) in [5, 5.41) is 2.80. The van der Waals surface area contributed by atoms with Crippen LogP contribution in [0.1, 0.15) is 12.0 Å². The molecule has 1 amide bonds. The number of benzene rings is 1. The number of carbonyl (C=O) groups is 1. The highest BCUT2D eigenvalue weighted by molar-refractivity contribution is 9.10. The first-order valence-electron chi connectivity index (χ1n) is 4.30. The van der Waals surface area contributed by atoms with E-state index in [2.05, 4.69) is 33.9 Å². The Labute approximate surface area is 97.6 Å². The molecule has 0 unspecified atom stereocenters. The molecule has 0 aliphatic heterocycles. The van der Waals surface area contributed by atoms with Gasteiger partial charge in [-0.1, -0.05) is 6.07 Å². The van der Waals surface area contributed by atoms with Crippen LogP contribution in [0.25, 0.3) is 0 Å². The molecule has 1 aromatic rings. The summed E-state index contributed by atoms with van der Waals surface area (Å²) in [4.78, 5) is 11.3. The van der Waals surface area contributed by atoms with Gasteiger partial charge in [0, 0.05) is 10.9 Å². The van der Waals surface area contributed by atoms with Gasteiger partial charge in [0.2, 0.25) is 5.91 Å². The second kappa shape index (κ2) is 5.41. The summed E-state index contributed by atoms with van der Waals surface area (Å²) in [6, 6.07) is 5.81. The van der Waals surface area contributed by atoms with Crippen LogP contribution in [0.2, 0.25) is 0 Å². The molecule has 0 heterocycles. The number of amides is 1. The zero-order valence-electron chi connectivity index (χ0n) is 7.88. The fraction of sp³-hybridized carbons (Fsp3) is 0.300. The van der Waals surface area contributed by atoms with Crippen LogP contribution in [0.15, 0.2) is 22.7 Å². The molecule has 4 heteroatoms. The van der Waals surface area contributed by atoms with Crippen molar-refractivity contribution >= 4 is 40.2 Å². The van der Waals surface area contributed by atoms with E-state index < -0.39 is 0 Å². The van der Waals surface area contributed by atoms with E-state index in [0.29, 0.717) is 12.2 Å². The van der Waals surface area contributed by atoms with Crippen molar-refractivity contribution in [1.29, 1.82) is 0 Å². The Morgan fingerprint density at radius 1 is 1.57 bits per heavy atom. The van der Waals surface area contributed by atoms with Crippen LogP contribution in [0.4, 0.5) is 5.69 Å². The van der Waals surface area contributed by atoms with Gasteiger partial charge >= 0.3 is 0 Å². The average Bonchev–Trinajstić information content (AvgIpc) is 2.10. The molecule has 0 aliphatic rings. The fourth-order valence-electron chi connectivity index (χ4n) is 1.04. The summed E-state index contributed by atoms with van der Waals surface area (Å²) < 4.78 is 0.907. The first kappa shape index (κ1) is 11.6. The summed E-state index contributed by atoms with van der Waals surface area (Å²) in [7, 11) is 0. The van der Waals surface area contributed by atoms with Crippen LogP contribution in [-0.2, 0) is 4.79 Å². The molecule has 1 aromatic carbocycles. The minimum atomic E-state index is -0.00967. The van der Waals surface area contributed by atoms with Crippen molar-refractivity contribution in [3.63, 3.8) is 0 Å². The summed E-state index contributed by atoms with van der Waals surface area (Å²) in [5.74, 6) is 0.555. The Morgan fingerprint density at radius 2 is 2.29 bits per heavy atom. The number of thiol groups is 1. The van der Waals surface area contributed by atoms with Crippen LogP contribution in [0.3, 0.4) is 0 Å². The molecule has 1 rings (SSSR count). The van der Waals surface area contributed by atoms with Gasteiger partial charge in [-0.05, 0) is 46.3 Å². The van der Waals surface area contributed by atoms with Gasteiger partial charge in [-0.3, -0.25) is 4.79 Å². The lowest BCUT2D eigenvalue weighted by Crippen LogP contribution is -2.12. The van der Waals surface area contributed by atoms with Crippen molar-refractivity contribution in [3.05, 3.63) is 28.2 Å². The van der Waals surface area contributed by atoms with E-state index in [1.165, 1.54) is 0 Å². The minimum Gasteiger partial charge on any atom is -0.325 e. The molecule has 0 aromatic heterocycles. The monoisotopic (exact) mass is 273 g/mol. The van der Waals surface area contributed by atoms with E-state index in [1.54, 1.807) is 0 Å². The van der Waals surface area contributed by atoms with E-state index in [4.69, 9.17) is 0 Å². The Balaban J connectivity index is 2.72. The van der Waals surface area contributed by atoms with Crippen molar-refractivity contribution < 1.29 is 4.79 Å². The quantitative estimate of drug-likeness (QED) is 0.815. The number of carbonyl (C=O) groups excluding carboxylic acids is 1. The van der Waals surface area contributed by atoms with Crippen LogP contribution in [-0.4, -0.2) is 11.7 Å². The Morgan fingerprint density at radius 3 is 2.86 bits per heavy atom. The lowest BCUT2D eigenvalue weighted by molar-refractivity contribution is -0.115. The van der Waals surface area contributed by atoms with E-state index in [1.807, 2.05) is 25.1 Å². The Kier molecular flexibility index (Phi) is 4.48. The molecule has 0 bridgehead atoms. The molecule has 0 spiro atoms. The first-order valence-corrected chi connectivity index (χ1v) is 5.73. The van der Waals surface area contributed by atoms with Crippen LogP contribution >= 0.6 is 28.6 Å². The highest BCUT2D eigenvalue weighted by Gasteiger charge is 2.04. The average molecular weight is 274 g/mol.